The lowest BCUT2D eigenvalue weighted by Gasteiger charge is -2.54. The van der Waals surface area contributed by atoms with Crippen molar-refractivity contribution in [2.24, 2.45) is 22.7 Å². The van der Waals surface area contributed by atoms with Crippen molar-refractivity contribution in [3.05, 3.63) is 35.5 Å². The molecule has 3 rings (SSSR count). The minimum atomic E-state index is -1.31. The summed E-state index contributed by atoms with van der Waals surface area (Å²) in [6.45, 7) is 13.1. The summed E-state index contributed by atoms with van der Waals surface area (Å²) < 4.78 is 4.79. The molecule has 2 aliphatic carbocycles. The van der Waals surface area contributed by atoms with E-state index < -0.39 is 18.4 Å². The van der Waals surface area contributed by atoms with Gasteiger partial charge in [-0.05, 0) is 74.5 Å². The van der Waals surface area contributed by atoms with E-state index >= 15 is 0 Å². The highest BCUT2D eigenvalue weighted by molar-refractivity contribution is 5.85. The molecule has 0 spiro atoms. The van der Waals surface area contributed by atoms with Gasteiger partial charge in [0.2, 0.25) is 6.29 Å². The van der Waals surface area contributed by atoms with Gasteiger partial charge in [-0.25, -0.2) is 4.79 Å². The lowest BCUT2D eigenvalue weighted by Crippen LogP contribution is -2.46. The van der Waals surface area contributed by atoms with Crippen molar-refractivity contribution in [3.8, 4) is 0 Å². The first-order chi connectivity index (χ1) is 13.6. The van der Waals surface area contributed by atoms with E-state index in [1.54, 1.807) is 5.57 Å². The van der Waals surface area contributed by atoms with Crippen LogP contribution in [0.5, 0.6) is 0 Å². The van der Waals surface area contributed by atoms with Gasteiger partial charge in [-0.1, -0.05) is 44.4 Å². The summed E-state index contributed by atoms with van der Waals surface area (Å²) in [5.74, 6) is 0.288. The maximum Gasteiger partial charge on any atom is 0.333 e. The van der Waals surface area contributed by atoms with Crippen LogP contribution in [-0.4, -0.2) is 28.6 Å². The Hall–Kier alpha value is -1.39. The fourth-order valence-corrected chi connectivity index (χ4v) is 6.01. The van der Waals surface area contributed by atoms with E-state index in [9.17, 15) is 15.0 Å². The number of rotatable bonds is 7. The predicted molar refractivity (Wildman–Crippen MR) is 115 cm³/mol. The van der Waals surface area contributed by atoms with Crippen LogP contribution < -0.4 is 0 Å². The molecule has 0 saturated heterocycles. The van der Waals surface area contributed by atoms with Crippen molar-refractivity contribution in [1.82, 2.24) is 0 Å². The van der Waals surface area contributed by atoms with Gasteiger partial charge in [0, 0.05) is 11.6 Å². The highest BCUT2D eigenvalue weighted by Gasteiger charge is 2.50. The summed E-state index contributed by atoms with van der Waals surface area (Å²) in [5.41, 5.74) is 3.27. The predicted octanol–water partition coefficient (Wildman–Crippen LogP) is 5.06. The zero-order valence-electron chi connectivity index (χ0n) is 18.5. The van der Waals surface area contributed by atoms with Crippen molar-refractivity contribution < 1.29 is 19.7 Å². The molecule has 0 aromatic carbocycles. The lowest BCUT2D eigenvalue weighted by molar-refractivity contribution is -0.152. The maximum atomic E-state index is 11.5. The lowest BCUT2D eigenvalue weighted by atomic mass is 9.50. The van der Waals surface area contributed by atoms with E-state index in [0.29, 0.717) is 23.8 Å². The average Bonchev–Trinajstić information content (AvgIpc) is 2.97. The van der Waals surface area contributed by atoms with Crippen molar-refractivity contribution in [3.63, 3.8) is 0 Å². The number of fused-ring (bicyclic) bond motifs is 1. The summed E-state index contributed by atoms with van der Waals surface area (Å²) in [6, 6.07) is 0. The van der Waals surface area contributed by atoms with E-state index in [2.05, 4.69) is 40.3 Å². The Kier molecular flexibility index (Phi) is 6.45. The largest absolute Gasteiger partial charge is 0.429 e. The number of cyclic esters (lactones) is 1. The molecular formula is C25H38O4. The van der Waals surface area contributed by atoms with Crippen LogP contribution in [0.25, 0.3) is 0 Å². The van der Waals surface area contributed by atoms with Gasteiger partial charge in [0.15, 0.2) is 0 Å². The minimum absolute atomic E-state index is 0.0776. The SMILES string of the molecule is C=C(C)CCC[C@]1(C)CCC[C@@H]2C1=CC[C@@H](C)[C@]2(C)CC(O)C1=CC(=O)O[C@H]1O. The Morgan fingerprint density at radius 3 is 2.76 bits per heavy atom. The number of hydrogen-bond acceptors (Lipinski definition) is 4. The molecule has 0 aromatic heterocycles. The summed E-state index contributed by atoms with van der Waals surface area (Å²) in [4.78, 5) is 11.5. The molecule has 2 N–H and O–H groups in total. The van der Waals surface area contributed by atoms with Crippen LogP contribution >= 0.6 is 0 Å². The number of ether oxygens (including phenoxy) is 1. The third kappa shape index (κ3) is 4.39. The summed E-state index contributed by atoms with van der Waals surface area (Å²) in [7, 11) is 0. The molecule has 1 saturated carbocycles. The zero-order valence-corrected chi connectivity index (χ0v) is 18.5. The van der Waals surface area contributed by atoms with Crippen molar-refractivity contribution in [1.29, 1.82) is 0 Å². The van der Waals surface area contributed by atoms with Crippen molar-refractivity contribution in [2.45, 2.75) is 91.5 Å². The number of allylic oxidation sites excluding steroid dienone is 3. The molecule has 1 aliphatic heterocycles. The van der Waals surface area contributed by atoms with Crippen LogP contribution in [0.3, 0.4) is 0 Å². The molecule has 4 heteroatoms. The van der Waals surface area contributed by atoms with E-state index in [0.717, 1.165) is 19.3 Å². The quantitative estimate of drug-likeness (QED) is 0.461. The van der Waals surface area contributed by atoms with Gasteiger partial charge in [-0.2, -0.15) is 0 Å². The Morgan fingerprint density at radius 1 is 1.41 bits per heavy atom. The van der Waals surface area contributed by atoms with Gasteiger partial charge in [0.25, 0.3) is 0 Å². The molecule has 4 nitrogen and oxygen atoms in total. The second kappa shape index (κ2) is 8.39. The molecule has 162 valence electrons. The molecule has 1 fully saturated rings. The van der Waals surface area contributed by atoms with Gasteiger partial charge >= 0.3 is 5.97 Å². The fourth-order valence-electron chi connectivity index (χ4n) is 6.01. The molecule has 6 atom stereocenters. The summed E-state index contributed by atoms with van der Waals surface area (Å²) in [5, 5.41) is 20.9. The van der Waals surface area contributed by atoms with Crippen LogP contribution in [0.4, 0.5) is 0 Å². The molecule has 29 heavy (non-hydrogen) atoms. The van der Waals surface area contributed by atoms with E-state index in [1.165, 1.54) is 37.3 Å². The highest BCUT2D eigenvalue weighted by Crippen LogP contribution is 2.59. The molecule has 0 radical (unpaired) electrons. The zero-order chi connectivity index (χ0) is 21.4. The molecule has 3 aliphatic rings. The minimum Gasteiger partial charge on any atom is -0.429 e. The van der Waals surface area contributed by atoms with Crippen LogP contribution in [0.15, 0.2) is 35.5 Å². The Bertz CT molecular complexity index is 720. The third-order valence-corrected chi connectivity index (χ3v) is 8.05. The normalized spacial score (nSPS) is 38.0. The van der Waals surface area contributed by atoms with E-state index in [4.69, 9.17) is 4.74 Å². The summed E-state index contributed by atoms with van der Waals surface area (Å²) in [6.07, 6.45) is 10.1. The summed E-state index contributed by atoms with van der Waals surface area (Å²) >= 11 is 0. The first-order valence-electron chi connectivity index (χ1n) is 11.2. The van der Waals surface area contributed by atoms with Crippen molar-refractivity contribution in [2.75, 3.05) is 0 Å². The van der Waals surface area contributed by atoms with Crippen LogP contribution in [0, 0.1) is 22.7 Å². The second-order valence-electron chi connectivity index (χ2n) is 10.3. The fraction of sp³-hybridized carbons (Fsp3) is 0.720. The number of hydrogen-bond donors (Lipinski definition) is 2. The number of aliphatic hydroxyl groups is 2. The van der Waals surface area contributed by atoms with Crippen molar-refractivity contribution >= 4 is 5.97 Å². The average molecular weight is 403 g/mol. The molecule has 1 unspecified atom stereocenters. The Morgan fingerprint density at radius 2 is 2.14 bits per heavy atom. The molecule has 0 aromatic rings. The van der Waals surface area contributed by atoms with E-state index in [1.807, 2.05) is 0 Å². The topological polar surface area (TPSA) is 66.8 Å². The Labute approximate surface area is 175 Å². The first-order valence-corrected chi connectivity index (χ1v) is 11.2. The first kappa shape index (κ1) is 22.3. The molecule has 0 bridgehead atoms. The van der Waals surface area contributed by atoms with E-state index in [-0.39, 0.29) is 10.8 Å². The molecular weight excluding hydrogens is 364 g/mol. The van der Waals surface area contributed by atoms with Gasteiger partial charge in [0.1, 0.15) is 0 Å². The van der Waals surface area contributed by atoms with Gasteiger partial charge in [-0.15, -0.1) is 6.58 Å². The van der Waals surface area contributed by atoms with Crippen LogP contribution in [-0.2, 0) is 9.53 Å². The van der Waals surface area contributed by atoms with Gasteiger partial charge in [0.05, 0.1) is 6.10 Å². The maximum absolute atomic E-state index is 11.5. The number of esters is 1. The molecule has 0 amide bonds. The van der Waals surface area contributed by atoms with Crippen LogP contribution in [0.1, 0.15) is 79.1 Å². The monoisotopic (exact) mass is 402 g/mol. The highest BCUT2D eigenvalue weighted by atomic mass is 16.6. The number of carbonyl (C=O) groups excluding carboxylic acids is 1. The van der Waals surface area contributed by atoms with Gasteiger partial charge < -0.3 is 14.9 Å². The smallest absolute Gasteiger partial charge is 0.333 e. The standard InChI is InChI=1S/C25H38O4/c1-16(2)8-6-12-24(4)13-7-9-20-19(24)11-10-17(3)25(20,5)15-21(26)18-14-22(27)29-23(18)28/h11,14,17,20-21,23,26,28H,1,6-10,12-13,15H2,2-5H3/t17-,20-,21?,23-,24-,25+/m1/s1. The Balaban J connectivity index is 1.81. The van der Waals surface area contributed by atoms with Crippen LogP contribution in [0.2, 0.25) is 0 Å². The number of aliphatic hydroxyl groups excluding tert-OH is 2. The molecule has 1 heterocycles. The number of carbonyl (C=O) groups is 1. The third-order valence-electron chi connectivity index (χ3n) is 8.05. The van der Waals surface area contributed by atoms with Gasteiger partial charge in [-0.3, -0.25) is 0 Å². The second-order valence-corrected chi connectivity index (χ2v) is 10.3.